The van der Waals surface area contributed by atoms with Gasteiger partial charge in [0.2, 0.25) is 0 Å². The molecule has 0 atom stereocenters. The van der Waals surface area contributed by atoms with E-state index in [1.807, 2.05) is 28.9 Å². The second kappa shape index (κ2) is 5.02. The zero-order valence-corrected chi connectivity index (χ0v) is 11.1. The van der Waals surface area contributed by atoms with Gasteiger partial charge in [0.05, 0.1) is 12.2 Å². The van der Waals surface area contributed by atoms with E-state index in [1.165, 1.54) is 6.42 Å². The predicted octanol–water partition coefficient (Wildman–Crippen LogP) is 3.12. The van der Waals surface area contributed by atoms with Crippen LogP contribution in [0.1, 0.15) is 42.1 Å². The first-order chi connectivity index (χ1) is 9.28. The first-order valence-electron chi connectivity index (χ1n) is 6.36. The summed E-state index contributed by atoms with van der Waals surface area (Å²) >= 11 is 5.99. The third kappa shape index (κ3) is 2.34. The maximum absolute atomic E-state index is 9.12. The van der Waals surface area contributed by atoms with Crippen LogP contribution < -0.4 is 0 Å². The summed E-state index contributed by atoms with van der Waals surface area (Å²) in [6.45, 7) is 0.612. The number of hydrogen-bond donors (Lipinski definition) is 0. The Morgan fingerprint density at radius 1 is 1.42 bits per heavy atom. The molecule has 0 saturated heterocycles. The van der Waals surface area contributed by atoms with Crippen LogP contribution in [0.4, 0.5) is 0 Å². The average molecular weight is 273 g/mol. The third-order valence-electron chi connectivity index (χ3n) is 3.59. The lowest BCUT2D eigenvalue weighted by Gasteiger charge is -2.25. The second-order valence-electron chi connectivity index (χ2n) is 4.85. The molecule has 1 aliphatic rings. The summed E-state index contributed by atoms with van der Waals surface area (Å²) < 4.78 is 1.84. The summed E-state index contributed by atoms with van der Waals surface area (Å²) in [7, 11) is 0. The lowest BCUT2D eigenvalue weighted by Crippen LogP contribution is -2.16. The van der Waals surface area contributed by atoms with E-state index < -0.39 is 0 Å². The van der Waals surface area contributed by atoms with E-state index in [0.29, 0.717) is 23.2 Å². The molecule has 1 aliphatic carbocycles. The van der Waals surface area contributed by atoms with E-state index in [4.69, 9.17) is 16.9 Å². The summed E-state index contributed by atoms with van der Waals surface area (Å²) in [6.07, 6.45) is 3.47. The molecule has 1 aromatic heterocycles. The zero-order valence-electron chi connectivity index (χ0n) is 10.4. The lowest BCUT2D eigenvalue weighted by molar-refractivity contribution is 0.391. The summed E-state index contributed by atoms with van der Waals surface area (Å²) in [6, 6.07) is 9.83. The van der Waals surface area contributed by atoms with E-state index in [0.717, 1.165) is 24.1 Å². The van der Waals surface area contributed by atoms with E-state index in [-0.39, 0.29) is 0 Å². The van der Waals surface area contributed by atoms with Gasteiger partial charge in [0.1, 0.15) is 6.07 Å². The molecule has 19 heavy (non-hydrogen) atoms. The summed E-state index contributed by atoms with van der Waals surface area (Å²) in [5.41, 5.74) is 2.52. The number of aromatic nitrogens is 3. The van der Waals surface area contributed by atoms with Crippen LogP contribution in [0.15, 0.2) is 24.3 Å². The molecule has 1 fully saturated rings. The van der Waals surface area contributed by atoms with Crippen LogP contribution in [0, 0.1) is 11.3 Å². The van der Waals surface area contributed by atoms with E-state index >= 15 is 0 Å². The minimum absolute atomic E-state index is 0.434. The topological polar surface area (TPSA) is 54.5 Å². The Hall–Kier alpha value is -1.86. The van der Waals surface area contributed by atoms with Crippen molar-refractivity contribution in [3.05, 3.63) is 46.2 Å². The van der Waals surface area contributed by atoms with Gasteiger partial charge >= 0.3 is 0 Å². The van der Waals surface area contributed by atoms with Crippen molar-refractivity contribution in [3.8, 4) is 6.07 Å². The maximum atomic E-state index is 9.12. The SMILES string of the molecule is N#Cc1nnn(Cc2cccc(Cl)c2)c1C1CCC1. The first-order valence-corrected chi connectivity index (χ1v) is 6.73. The Morgan fingerprint density at radius 2 is 2.26 bits per heavy atom. The Bertz CT molecular complexity index is 637. The highest BCUT2D eigenvalue weighted by Crippen LogP contribution is 2.37. The van der Waals surface area contributed by atoms with Crippen LogP contribution in [0.2, 0.25) is 5.02 Å². The molecule has 5 heteroatoms. The van der Waals surface area contributed by atoms with Gasteiger partial charge < -0.3 is 0 Å². The molecular formula is C14H13ClN4. The van der Waals surface area contributed by atoms with Gasteiger partial charge in [0.15, 0.2) is 5.69 Å². The fourth-order valence-electron chi connectivity index (χ4n) is 2.41. The molecule has 0 amide bonds. The van der Waals surface area contributed by atoms with Crippen LogP contribution in [0.3, 0.4) is 0 Å². The third-order valence-corrected chi connectivity index (χ3v) is 3.83. The summed E-state index contributed by atoms with van der Waals surface area (Å²) in [5, 5.41) is 17.9. The van der Waals surface area contributed by atoms with Crippen LogP contribution in [0.25, 0.3) is 0 Å². The van der Waals surface area contributed by atoms with Gasteiger partial charge in [0.25, 0.3) is 0 Å². The van der Waals surface area contributed by atoms with Crippen LogP contribution in [-0.4, -0.2) is 15.0 Å². The number of nitriles is 1. The number of nitrogens with zero attached hydrogens (tertiary/aromatic N) is 4. The van der Waals surface area contributed by atoms with Gasteiger partial charge in [-0.3, -0.25) is 0 Å². The molecule has 2 aromatic rings. The van der Waals surface area contributed by atoms with Crippen molar-refractivity contribution < 1.29 is 0 Å². The highest BCUT2D eigenvalue weighted by molar-refractivity contribution is 6.30. The van der Waals surface area contributed by atoms with Crippen LogP contribution in [0.5, 0.6) is 0 Å². The van der Waals surface area contributed by atoms with Crippen LogP contribution in [-0.2, 0) is 6.54 Å². The molecule has 1 saturated carbocycles. The lowest BCUT2D eigenvalue weighted by atomic mass is 9.82. The monoisotopic (exact) mass is 272 g/mol. The van der Waals surface area contributed by atoms with Gasteiger partial charge in [-0.25, -0.2) is 4.68 Å². The summed E-state index contributed by atoms with van der Waals surface area (Å²) in [5.74, 6) is 0.434. The van der Waals surface area contributed by atoms with Crippen molar-refractivity contribution in [2.24, 2.45) is 0 Å². The fraction of sp³-hybridized carbons (Fsp3) is 0.357. The number of rotatable bonds is 3. The Balaban J connectivity index is 1.92. The highest BCUT2D eigenvalue weighted by Gasteiger charge is 2.27. The van der Waals surface area contributed by atoms with Gasteiger partial charge in [-0.05, 0) is 30.5 Å². The molecule has 4 nitrogen and oxygen atoms in total. The molecule has 0 N–H and O–H groups in total. The molecule has 1 aromatic carbocycles. The van der Waals surface area contributed by atoms with Crippen molar-refractivity contribution in [3.63, 3.8) is 0 Å². The van der Waals surface area contributed by atoms with Gasteiger partial charge in [-0.2, -0.15) is 5.26 Å². The van der Waals surface area contributed by atoms with Gasteiger partial charge in [-0.15, -0.1) is 5.10 Å². The van der Waals surface area contributed by atoms with Crippen molar-refractivity contribution >= 4 is 11.6 Å². The van der Waals surface area contributed by atoms with Crippen LogP contribution >= 0.6 is 11.6 Å². The first kappa shape index (κ1) is 12.2. The molecular weight excluding hydrogens is 260 g/mol. The van der Waals surface area contributed by atoms with E-state index in [9.17, 15) is 0 Å². The number of hydrogen-bond acceptors (Lipinski definition) is 3. The standard InChI is InChI=1S/C14H13ClN4/c15-12-6-1-3-10(7-12)9-19-14(11-4-2-5-11)13(8-16)17-18-19/h1,3,6-7,11H,2,4-5,9H2. The smallest absolute Gasteiger partial charge is 0.186 e. The predicted molar refractivity (Wildman–Crippen MR) is 71.9 cm³/mol. The maximum Gasteiger partial charge on any atom is 0.186 e. The average Bonchev–Trinajstić information content (AvgIpc) is 2.70. The van der Waals surface area contributed by atoms with Gasteiger partial charge in [-0.1, -0.05) is 35.4 Å². The minimum Gasteiger partial charge on any atom is -0.243 e. The molecule has 96 valence electrons. The second-order valence-corrected chi connectivity index (χ2v) is 5.29. The molecule has 0 spiro atoms. The quantitative estimate of drug-likeness (QED) is 0.863. The Kier molecular flexibility index (Phi) is 3.22. The molecule has 0 aliphatic heterocycles. The molecule has 1 heterocycles. The zero-order chi connectivity index (χ0) is 13.2. The molecule has 3 rings (SSSR count). The summed E-state index contributed by atoms with van der Waals surface area (Å²) in [4.78, 5) is 0. The molecule has 0 radical (unpaired) electrons. The minimum atomic E-state index is 0.434. The van der Waals surface area contributed by atoms with E-state index in [2.05, 4.69) is 16.4 Å². The largest absolute Gasteiger partial charge is 0.243 e. The van der Waals surface area contributed by atoms with Crippen molar-refractivity contribution in [1.82, 2.24) is 15.0 Å². The molecule has 0 bridgehead atoms. The van der Waals surface area contributed by atoms with Crippen molar-refractivity contribution in [1.29, 1.82) is 5.26 Å². The normalized spacial score (nSPS) is 14.9. The molecule has 0 unspecified atom stereocenters. The van der Waals surface area contributed by atoms with Gasteiger partial charge in [0, 0.05) is 10.9 Å². The highest BCUT2D eigenvalue weighted by atomic mass is 35.5. The number of halogens is 1. The van der Waals surface area contributed by atoms with Crippen molar-refractivity contribution in [2.45, 2.75) is 31.7 Å². The Labute approximate surface area is 116 Å². The van der Waals surface area contributed by atoms with E-state index in [1.54, 1.807) is 0 Å². The Morgan fingerprint density at radius 3 is 2.89 bits per heavy atom. The fourth-order valence-corrected chi connectivity index (χ4v) is 2.62. The number of benzene rings is 1. The van der Waals surface area contributed by atoms with Crippen molar-refractivity contribution in [2.75, 3.05) is 0 Å².